The van der Waals surface area contributed by atoms with E-state index in [0.29, 0.717) is 5.56 Å². The van der Waals surface area contributed by atoms with E-state index < -0.39 is 0 Å². The van der Waals surface area contributed by atoms with Gasteiger partial charge >= 0.3 is 0 Å². The molecule has 0 fully saturated rings. The number of amides is 1. The van der Waals surface area contributed by atoms with Crippen molar-refractivity contribution in [1.29, 1.82) is 0 Å². The molecule has 0 saturated carbocycles. The summed E-state index contributed by atoms with van der Waals surface area (Å²) in [5.41, 5.74) is 5.81. The van der Waals surface area contributed by atoms with Crippen molar-refractivity contribution in [2.75, 3.05) is 0 Å². The van der Waals surface area contributed by atoms with Crippen LogP contribution in [0.15, 0.2) is 23.0 Å². The molecule has 18 heavy (non-hydrogen) atoms. The van der Waals surface area contributed by atoms with Gasteiger partial charge in [-0.3, -0.25) is 4.79 Å². The molecule has 0 aromatic carbocycles. The molecule has 2 aromatic heterocycles. The SMILES string of the molecule is CCC(NCc1cc(C(N)=O)cs1)c1nccs1. The Morgan fingerprint density at radius 3 is 2.94 bits per heavy atom. The smallest absolute Gasteiger partial charge is 0.249 e. The van der Waals surface area contributed by atoms with E-state index >= 15 is 0 Å². The minimum absolute atomic E-state index is 0.268. The summed E-state index contributed by atoms with van der Waals surface area (Å²) in [5, 5.41) is 8.33. The lowest BCUT2D eigenvalue weighted by Gasteiger charge is -2.13. The highest BCUT2D eigenvalue weighted by Crippen LogP contribution is 2.21. The Morgan fingerprint density at radius 2 is 2.39 bits per heavy atom. The number of carbonyl (C=O) groups excluding carboxylic acids is 1. The molecule has 0 aliphatic carbocycles. The van der Waals surface area contributed by atoms with Crippen LogP contribution in [0.1, 0.15) is 39.6 Å². The predicted octanol–water partition coefficient (Wildman–Crippen LogP) is 2.54. The highest BCUT2D eigenvalue weighted by molar-refractivity contribution is 7.10. The van der Waals surface area contributed by atoms with Crippen molar-refractivity contribution in [3.8, 4) is 0 Å². The van der Waals surface area contributed by atoms with Gasteiger partial charge in [-0.05, 0) is 12.5 Å². The highest BCUT2D eigenvalue weighted by Gasteiger charge is 2.12. The van der Waals surface area contributed by atoms with Gasteiger partial charge in [0.25, 0.3) is 0 Å². The van der Waals surface area contributed by atoms with Crippen LogP contribution >= 0.6 is 22.7 Å². The molecule has 0 aliphatic heterocycles. The summed E-state index contributed by atoms with van der Waals surface area (Å²) in [6.07, 6.45) is 2.81. The lowest BCUT2D eigenvalue weighted by molar-refractivity contribution is 0.100. The molecule has 1 unspecified atom stereocenters. The molecule has 0 aliphatic rings. The molecule has 96 valence electrons. The molecule has 0 bridgehead atoms. The number of thiazole rings is 1. The number of aromatic nitrogens is 1. The predicted molar refractivity (Wildman–Crippen MR) is 74.8 cm³/mol. The molecule has 1 amide bonds. The quantitative estimate of drug-likeness (QED) is 0.855. The van der Waals surface area contributed by atoms with Crippen LogP contribution in [0.5, 0.6) is 0 Å². The van der Waals surface area contributed by atoms with E-state index in [-0.39, 0.29) is 11.9 Å². The monoisotopic (exact) mass is 281 g/mol. The minimum atomic E-state index is -0.371. The van der Waals surface area contributed by atoms with Gasteiger partial charge < -0.3 is 11.1 Å². The number of thiophene rings is 1. The van der Waals surface area contributed by atoms with E-state index in [1.54, 1.807) is 28.1 Å². The number of nitrogens with one attached hydrogen (secondary N) is 1. The van der Waals surface area contributed by atoms with Crippen LogP contribution in [-0.4, -0.2) is 10.9 Å². The Kier molecular flexibility index (Phi) is 4.46. The summed E-state index contributed by atoms with van der Waals surface area (Å²) in [4.78, 5) is 16.4. The number of nitrogens with zero attached hydrogens (tertiary/aromatic N) is 1. The van der Waals surface area contributed by atoms with Gasteiger partial charge in [-0.15, -0.1) is 22.7 Å². The average Bonchev–Trinajstić information content (AvgIpc) is 3.00. The maximum absolute atomic E-state index is 11.0. The summed E-state index contributed by atoms with van der Waals surface area (Å²) < 4.78 is 0. The molecule has 2 aromatic rings. The zero-order valence-corrected chi connectivity index (χ0v) is 11.7. The molecule has 2 heterocycles. The zero-order chi connectivity index (χ0) is 13.0. The van der Waals surface area contributed by atoms with Crippen LogP contribution in [0.25, 0.3) is 0 Å². The van der Waals surface area contributed by atoms with E-state index in [4.69, 9.17) is 5.73 Å². The first-order valence-electron chi connectivity index (χ1n) is 5.70. The molecular weight excluding hydrogens is 266 g/mol. The number of hydrogen-bond donors (Lipinski definition) is 2. The first kappa shape index (κ1) is 13.2. The molecule has 0 saturated heterocycles. The second kappa shape index (κ2) is 6.08. The number of hydrogen-bond acceptors (Lipinski definition) is 5. The molecule has 0 radical (unpaired) electrons. The van der Waals surface area contributed by atoms with Crippen molar-refractivity contribution in [3.05, 3.63) is 38.5 Å². The van der Waals surface area contributed by atoms with Crippen molar-refractivity contribution in [3.63, 3.8) is 0 Å². The van der Waals surface area contributed by atoms with Gasteiger partial charge in [0.2, 0.25) is 5.91 Å². The van der Waals surface area contributed by atoms with Gasteiger partial charge in [0.15, 0.2) is 0 Å². The topological polar surface area (TPSA) is 68.0 Å². The van der Waals surface area contributed by atoms with Crippen LogP contribution in [-0.2, 0) is 6.54 Å². The number of primary amides is 1. The normalized spacial score (nSPS) is 12.5. The van der Waals surface area contributed by atoms with E-state index in [9.17, 15) is 4.79 Å². The van der Waals surface area contributed by atoms with E-state index in [0.717, 1.165) is 22.9 Å². The average molecular weight is 281 g/mol. The minimum Gasteiger partial charge on any atom is -0.366 e. The second-order valence-electron chi connectivity index (χ2n) is 3.88. The summed E-state index contributed by atoms with van der Waals surface area (Å²) in [6, 6.07) is 2.11. The summed E-state index contributed by atoms with van der Waals surface area (Å²) in [6.45, 7) is 2.86. The van der Waals surface area contributed by atoms with E-state index in [1.807, 2.05) is 17.6 Å². The van der Waals surface area contributed by atoms with Crippen LogP contribution in [0, 0.1) is 0 Å². The van der Waals surface area contributed by atoms with Gasteiger partial charge in [-0.1, -0.05) is 6.92 Å². The van der Waals surface area contributed by atoms with Gasteiger partial charge in [0.1, 0.15) is 5.01 Å². The fourth-order valence-corrected chi connectivity index (χ4v) is 3.26. The molecule has 4 nitrogen and oxygen atoms in total. The fourth-order valence-electron chi connectivity index (χ4n) is 1.64. The number of carbonyl (C=O) groups is 1. The zero-order valence-electron chi connectivity index (χ0n) is 10.1. The Labute approximate surface area is 114 Å². The maximum Gasteiger partial charge on any atom is 0.249 e. The lowest BCUT2D eigenvalue weighted by Crippen LogP contribution is -2.19. The maximum atomic E-state index is 11.0. The molecule has 2 rings (SSSR count). The highest BCUT2D eigenvalue weighted by atomic mass is 32.1. The van der Waals surface area contributed by atoms with Gasteiger partial charge in [0, 0.05) is 28.4 Å². The van der Waals surface area contributed by atoms with E-state index in [2.05, 4.69) is 17.2 Å². The van der Waals surface area contributed by atoms with Gasteiger partial charge in [-0.25, -0.2) is 4.98 Å². The summed E-state index contributed by atoms with van der Waals surface area (Å²) >= 11 is 3.20. The van der Waals surface area contributed by atoms with Crippen LogP contribution < -0.4 is 11.1 Å². The Hall–Kier alpha value is -1.24. The lowest BCUT2D eigenvalue weighted by atomic mass is 10.2. The molecule has 6 heteroatoms. The van der Waals surface area contributed by atoms with Crippen molar-refractivity contribution < 1.29 is 4.79 Å². The van der Waals surface area contributed by atoms with Crippen molar-refractivity contribution in [2.24, 2.45) is 5.73 Å². The molecule has 1 atom stereocenters. The van der Waals surface area contributed by atoms with Crippen molar-refractivity contribution in [1.82, 2.24) is 10.3 Å². The van der Waals surface area contributed by atoms with E-state index in [1.165, 1.54) is 0 Å². The Balaban J connectivity index is 1.95. The second-order valence-corrected chi connectivity index (χ2v) is 5.80. The number of rotatable bonds is 6. The number of nitrogens with two attached hydrogens (primary N) is 1. The first-order valence-corrected chi connectivity index (χ1v) is 7.46. The van der Waals surface area contributed by atoms with Crippen LogP contribution in [0.3, 0.4) is 0 Å². The molecular formula is C12H15N3OS2. The largest absolute Gasteiger partial charge is 0.366 e. The third-order valence-electron chi connectivity index (χ3n) is 2.62. The van der Waals surface area contributed by atoms with Gasteiger partial charge in [-0.2, -0.15) is 0 Å². The first-order chi connectivity index (χ1) is 8.70. The van der Waals surface area contributed by atoms with Crippen molar-refractivity contribution >= 4 is 28.6 Å². The third-order valence-corrected chi connectivity index (χ3v) is 4.44. The standard InChI is InChI=1S/C12H15N3OS2/c1-2-10(12-14-3-4-17-12)15-6-9-5-8(7-18-9)11(13)16/h3-5,7,10,15H,2,6H2,1H3,(H2,13,16). The summed E-state index contributed by atoms with van der Waals surface area (Å²) in [5.74, 6) is -0.371. The van der Waals surface area contributed by atoms with Crippen LogP contribution in [0.4, 0.5) is 0 Å². The van der Waals surface area contributed by atoms with Crippen molar-refractivity contribution in [2.45, 2.75) is 25.9 Å². The van der Waals surface area contributed by atoms with Gasteiger partial charge in [0.05, 0.1) is 11.6 Å². The molecule has 0 spiro atoms. The Morgan fingerprint density at radius 1 is 1.56 bits per heavy atom. The fraction of sp³-hybridized carbons (Fsp3) is 0.333. The third kappa shape index (κ3) is 3.16. The molecule has 3 N–H and O–H groups in total. The van der Waals surface area contributed by atoms with Crippen LogP contribution in [0.2, 0.25) is 0 Å². The summed E-state index contributed by atoms with van der Waals surface area (Å²) in [7, 11) is 0. The Bertz CT molecular complexity index is 507.